The Bertz CT molecular complexity index is 1200. The van der Waals surface area contributed by atoms with Gasteiger partial charge in [-0.2, -0.15) is 0 Å². The summed E-state index contributed by atoms with van der Waals surface area (Å²) in [5, 5.41) is 11.1. The molecule has 0 saturated carbocycles. The third-order valence-corrected chi connectivity index (χ3v) is 5.33. The van der Waals surface area contributed by atoms with Crippen LogP contribution in [0.1, 0.15) is 17.2 Å². The van der Waals surface area contributed by atoms with Crippen LogP contribution >= 0.6 is 0 Å². The first-order valence-corrected chi connectivity index (χ1v) is 9.80. The molecule has 7 heteroatoms. The summed E-state index contributed by atoms with van der Waals surface area (Å²) < 4.78 is 24.3. The number of ketones is 1. The van der Waals surface area contributed by atoms with Gasteiger partial charge in [0.05, 0.1) is 25.8 Å². The summed E-state index contributed by atoms with van der Waals surface area (Å²) in [6, 6.07) is 17.7. The molecule has 3 aromatic rings. The van der Waals surface area contributed by atoms with Gasteiger partial charge in [0.1, 0.15) is 23.1 Å². The molecule has 32 heavy (non-hydrogen) atoms. The van der Waals surface area contributed by atoms with E-state index in [4.69, 9.17) is 9.47 Å². The molecule has 1 saturated heterocycles. The van der Waals surface area contributed by atoms with E-state index in [-0.39, 0.29) is 11.3 Å². The number of halogens is 1. The van der Waals surface area contributed by atoms with E-state index < -0.39 is 23.5 Å². The predicted octanol–water partition coefficient (Wildman–Crippen LogP) is 4.47. The van der Waals surface area contributed by atoms with E-state index in [1.54, 1.807) is 48.5 Å². The molecule has 0 aromatic heterocycles. The number of methoxy groups -OCH3 is 2. The standard InChI is InChI=1S/C25H20FNO5/c1-31-18-12-13-19(20(14-18)32-2)22-21(23(28)15-6-4-3-5-7-15)24(29)25(30)27(22)17-10-8-16(26)9-11-17/h3-14,22,28H,1-2H3/t22-/m0/s1. The van der Waals surface area contributed by atoms with Gasteiger partial charge < -0.3 is 14.6 Å². The van der Waals surface area contributed by atoms with Crippen LogP contribution in [0.15, 0.2) is 78.4 Å². The lowest BCUT2D eigenvalue weighted by Gasteiger charge is -2.27. The second-order valence-electron chi connectivity index (χ2n) is 7.12. The van der Waals surface area contributed by atoms with Gasteiger partial charge in [0.25, 0.3) is 11.7 Å². The van der Waals surface area contributed by atoms with Crippen LogP contribution in [0.4, 0.5) is 10.1 Å². The zero-order chi connectivity index (χ0) is 22.8. The SMILES string of the molecule is COc1ccc([C@H]2C(=C(O)c3ccccc3)C(=O)C(=O)N2c2ccc(F)cc2)c(OC)c1. The number of carbonyl (C=O) groups excluding carboxylic acids is 2. The molecule has 0 spiro atoms. The number of ether oxygens (including phenoxy) is 2. The van der Waals surface area contributed by atoms with Crippen molar-refractivity contribution in [1.29, 1.82) is 0 Å². The molecule has 1 atom stereocenters. The van der Waals surface area contributed by atoms with Gasteiger partial charge in [-0.1, -0.05) is 30.3 Å². The van der Waals surface area contributed by atoms with Gasteiger partial charge in [0.15, 0.2) is 0 Å². The minimum absolute atomic E-state index is 0.0889. The van der Waals surface area contributed by atoms with Gasteiger partial charge in [-0.25, -0.2) is 4.39 Å². The number of aliphatic hydroxyl groups is 1. The van der Waals surface area contributed by atoms with Crippen LogP contribution in [0.2, 0.25) is 0 Å². The number of nitrogens with zero attached hydrogens (tertiary/aromatic N) is 1. The van der Waals surface area contributed by atoms with Crippen LogP contribution in [0.25, 0.3) is 5.76 Å². The molecule has 6 nitrogen and oxygen atoms in total. The molecule has 0 radical (unpaired) electrons. The van der Waals surface area contributed by atoms with E-state index in [1.165, 1.54) is 43.4 Å². The fourth-order valence-electron chi connectivity index (χ4n) is 3.79. The van der Waals surface area contributed by atoms with Crippen LogP contribution in [0.5, 0.6) is 11.5 Å². The number of carbonyl (C=O) groups is 2. The second-order valence-corrected chi connectivity index (χ2v) is 7.12. The molecule has 1 fully saturated rings. The normalized spacial score (nSPS) is 17.5. The summed E-state index contributed by atoms with van der Waals surface area (Å²) in [5.74, 6) is -1.59. The second kappa shape index (κ2) is 8.55. The fraction of sp³-hybridized carbons (Fsp3) is 0.120. The molecular weight excluding hydrogens is 413 g/mol. The van der Waals surface area contributed by atoms with E-state index in [2.05, 4.69) is 0 Å². The van der Waals surface area contributed by atoms with Crippen molar-refractivity contribution in [2.24, 2.45) is 0 Å². The first-order chi connectivity index (χ1) is 15.5. The molecule has 1 N–H and O–H groups in total. The average molecular weight is 433 g/mol. The highest BCUT2D eigenvalue weighted by molar-refractivity contribution is 6.51. The van der Waals surface area contributed by atoms with Gasteiger partial charge in [0.2, 0.25) is 0 Å². The van der Waals surface area contributed by atoms with Crippen molar-refractivity contribution in [1.82, 2.24) is 0 Å². The van der Waals surface area contributed by atoms with E-state index >= 15 is 0 Å². The maximum atomic E-state index is 13.5. The van der Waals surface area contributed by atoms with Gasteiger partial charge in [-0.3, -0.25) is 14.5 Å². The Morgan fingerprint density at radius 1 is 0.938 bits per heavy atom. The van der Waals surface area contributed by atoms with Crippen molar-refractivity contribution in [3.8, 4) is 11.5 Å². The third kappa shape index (κ3) is 3.58. The Kier molecular flexibility index (Phi) is 5.64. The molecule has 162 valence electrons. The number of benzene rings is 3. The number of anilines is 1. The van der Waals surface area contributed by atoms with Crippen LogP contribution in [-0.2, 0) is 9.59 Å². The molecule has 4 rings (SSSR count). The van der Waals surface area contributed by atoms with Gasteiger partial charge >= 0.3 is 0 Å². The largest absolute Gasteiger partial charge is 0.507 e. The lowest BCUT2D eigenvalue weighted by molar-refractivity contribution is -0.132. The molecule has 3 aromatic carbocycles. The van der Waals surface area contributed by atoms with Crippen LogP contribution in [0.3, 0.4) is 0 Å². The first kappa shape index (κ1) is 21.1. The van der Waals surface area contributed by atoms with E-state index in [9.17, 15) is 19.1 Å². The number of hydrogen-bond acceptors (Lipinski definition) is 5. The monoisotopic (exact) mass is 433 g/mol. The average Bonchev–Trinajstić information content (AvgIpc) is 3.09. The molecule has 1 amide bonds. The number of amides is 1. The van der Waals surface area contributed by atoms with Crippen LogP contribution in [-0.4, -0.2) is 31.0 Å². The predicted molar refractivity (Wildman–Crippen MR) is 117 cm³/mol. The zero-order valence-corrected chi connectivity index (χ0v) is 17.4. The van der Waals surface area contributed by atoms with Crippen molar-refractivity contribution < 1.29 is 28.6 Å². The molecule has 1 aliphatic heterocycles. The van der Waals surface area contributed by atoms with Gasteiger partial charge in [-0.15, -0.1) is 0 Å². The van der Waals surface area contributed by atoms with E-state index in [0.717, 1.165) is 0 Å². The minimum Gasteiger partial charge on any atom is -0.507 e. The summed E-state index contributed by atoms with van der Waals surface area (Å²) in [5.41, 5.74) is 1.08. The molecule has 1 heterocycles. The Morgan fingerprint density at radius 3 is 2.25 bits per heavy atom. The summed E-state index contributed by atoms with van der Waals surface area (Å²) in [6.45, 7) is 0. The quantitative estimate of drug-likeness (QED) is 0.365. The van der Waals surface area contributed by atoms with Crippen molar-refractivity contribution in [3.63, 3.8) is 0 Å². The number of rotatable bonds is 5. The fourth-order valence-corrected chi connectivity index (χ4v) is 3.79. The Morgan fingerprint density at radius 2 is 1.62 bits per heavy atom. The third-order valence-electron chi connectivity index (χ3n) is 5.33. The van der Waals surface area contributed by atoms with Crippen molar-refractivity contribution in [2.45, 2.75) is 6.04 Å². The molecule has 0 aliphatic carbocycles. The maximum absolute atomic E-state index is 13.5. The van der Waals surface area contributed by atoms with Gasteiger partial charge in [-0.05, 0) is 36.4 Å². The van der Waals surface area contributed by atoms with Crippen LogP contribution in [0, 0.1) is 5.82 Å². The van der Waals surface area contributed by atoms with Gasteiger partial charge in [0, 0.05) is 22.9 Å². The highest BCUT2D eigenvalue weighted by atomic mass is 19.1. The molecule has 0 unspecified atom stereocenters. The maximum Gasteiger partial charge on any atom is 0.300 e. The van der Waals surface area contributed by atoms with E-state index in [1.807, 2.05) is 0 Å². The van der Waals surface area contributed by atoms with Crippen molar-refractivity contribution in [3.05, 3.63) is 95.3 Å². The topological polar surface area (TPSA) is 76.1 Å². The summed E-state index contributed by atoms with van der Waals surface area (Å²) in [7, 11) is 2.97. The van der Waals surface area contributed by atoms with Crippen molar-refractivity contribution in [2.75, 3.05) is 19.1 Å². The van der Waals surface area contributed by atoms with Crippen LogP contribution < -0.4 is 14.4 Å². The minimum atomic E-state index is -0.999. The number of hydrogen-bond donors (Lipinski definition) is 1. The molecule has 1 aliphatic rings. The first-order valence-electron chi connectivity index (χ1n) is 9.80. The lowest BCUT2D eigenvalue weighted by atomic mass is 9.94. The summed E-state index contributed by atoms with van der Waals surface area (Å²) in [4.78, 5) is 27.5. The Balaban J connectivity index is 1.99. The lowest BCUT2D eigenvalue weighted by Crippen LogP contribution is -2.29. The highest BCUT2D eigenvalue weighted by Crippen LogP contribution is 2.45. The number of aliphatic hydroxyl groups excluding tert-OH is 1. The summed E-state index contributed by atoms with van der Waals surface area (Å²) in [6.07, 6.45) is 0. The molecular formula is C25H20FNO5. The Hall–Kier alpha value is -4.13. The molecule has 0 bridgehead atoms. The smallest absolute Gasteiger partial charge is 0.300 e. The number of Topliss-reactive ketones (excluding diaryl/α,β-unsaturated/α-hetero) is 1. The summed E-state index contributed by atoms with van der Waals surface area (Å²) >= 11 is 0. The zero-order valence-electron chi connectivity index (χ0n) is 17.4. The highest BCUT2D eigenvalue weighted by Gasteiger charge is 2.48. The Labute approximate surface area is 184 Å². The van der Waals surface area contributed by atoms with Crippen molar-refractivity contribution >= 4 is 23.1 Å². The van der Waals surface area contributed by atoms with E-state index in [0.29, 0.717) is 28.3 Å².